The van der Waals surface area contributed by atoms with Crippen LogP contribution in [0.25, 0.3) is 0 Å². The van der Waals surface area contributed by atoms with E-state index in [-0.39, 0.29) is 17.1 Å². The Balaban J connectivity index is 1.93. The maximum absolute atomic E-state index is 12.7. The number of rotatable bonds is 4. The normalized spacial score (nSPS) is 17.6. The van der Waals surface area contributed by atoms with E-state index in [1.165, 1.54) is 0 Å². The molecular formula is C20H33N3O2. The smallest absolute Gasteiger partial charge is 0.239 e. The molecule has 1 atom stereocenters. The summed E-state index contributed by atoms with van der Waals surface area (Å²) in [6.07, 6.45) is 0.513. The van der Waals surface area contributed by atoms with Crippen LogP contribution in [0.1, 0.15) is 37.5 Å². The number of piperazine rings is 1. The van der Waals surface area contributed by atoms with Gasteiger partial charge in [0.25, 0.3) is 0 Å². The van der Waals surface area contributed by atoms with E-state index < -0.39 is 6.04 Å². The van der Waals surface area contributed by atoms with E-state index in [1.54, 1.807) is 12.1 Å². The predicted octanol–water partition coefficient (Wildman–Crippen LogP) is 2.07. The van der Waals surface area contributed by atoms with E-state index in [9.17, 15) is 9.90 Å². The van der Waals surface area contributed by atoms with Crippen LogP contribution in [0.3, 0.4) is 0 Å². The van der Waals surface area contributed by atoms with E-state index in [1.807, 2.05) is 18.7 Å². The van der Waals surface area contributed by atoms with Gasteiger partial charge in [-0.3, -0.25) is 9.69 Å². The molecule has 0 saturated carbocycles. The highest BCUT2D eigenvalue weighted by Gasteiger charge is 2.27. The zero-order valence-electron chi connectivity index (χ0n) is 16.3. The molecule has 1 aliphatic heterocycles. The summed E-state index contributed by atoms with van der Waals surface area (Å²) in [6, 6.07) is 2.92. The van der Waals surface area contributed by atoms with E-state index in [2.05, 4.69) is 25.7 Å². The van der Waals surface area contributed by atoms with Gasteiger partial charge in [-0.05, 0) is 54.5 Å². The molecule has 2 rings (SSSR count). The summed E-state index contributed by atoms with van der Waals surface area (Å²) < 4.78 is 0. The number of nitrogens with zero attached hydrogens (tertiary/aromatic N) is 2. The molecular weight excluding hydrogens is 314 g/mol. The second-order valence-electron chi connectivity index (χ2n) is 8.53. The molecule has 0 bridgehead atoms. The first-order chi connectivity index (χ1) is 11.6. The van der Waals surface area contributed by atoms with Gasteiger partial charge in [0.05, 0.1) is 6.04 Å². The Labute approximate surface area is 151 Å². The van der Waals surface area contributed by atoms with Gasteiger partial charge >= 0.3 is 0 Å². The standard InChI is InChI=1S/C20H33N3O2/c1-14-10-16(24)11-15(2)17(14)12-18(21)19(25)23-8-6-22(7-9-23)13-20(3,4)5/h10-11,18,24H,6-9,12-13,21H2,1-5H3. The highest BCUT2D eigenvalue weighted by atomic mass is 16.3. The molecule has 1 unspecified atom stereocenters. The first-order valence-corrected chi connectivity index (χ1v) is 9.12. The molecule has 5 nitrogen and oxygen atoms in total. The zero-order chi connectivity index (χ0) is 18.8. The van der Waals surface area contributed by atoms with Crippen LogP contribution in [-0.4, -0.2) is 59.6 Å². The van der Waals surface area contributed by atoms with Crippen LogP contribution in [0.2, 0.25) is 0 Å². The molecule has 1 aliphatic rings. The van der Waals surface area contributed by atoms with E-state index in [0.29, 0.717) is 6.42 Å². The van der Waals surface area contributed by atoms with Crippen molar-refractivity contribution in [2.24, 2.45) is 11.1 Å². The van der Waals surface area contributed by atoms with E-state index >= 15 is 0 Å². The van der Waals surface area contributed by atoms with E-state index in [4.69, 9.17) is 5.73 Å². The zero-order valence-corrected chi connectivity index (χ0v) is 16.3. The summed E-state index contributed by atoms with van der Waals surface area (Å²) in [6.45, 7) is 15.0. The van der Waals surface area contributed by atoms with Gasteiger partial charge in [0, 0.05) is 32.7 Å². The van der Waals surface area contributed by atoms with Gasteiger partial charge in [0.2, 0.25) is 5.91 Å². The largest absolute Gasteiger partial charge is 0.508 e. The lowest BCUT2D eigenvalue weighted by molar-refractivity contribution is -0.134. The third-order valence-corrected chi connectivity index (χ3v) is 4.80. The molecule has 25 heavy (non-hydrogen) atoms. The van der Waals surface area contributed by atoms with Gasteiger partial charge in [-0.15, -0.1) is 0 Å². The fourth-order valence-electron chi connectivity index (χ4n) is 3.63. The minimum atomic E-state index is -0.531. The highest BCUT2D eigenvalue weighted by molar-refractivity contribution is 5.82. The number of hydrogen-bond acceptors (Lipinski definition) is 4. The van der Waals surface area contributed by atoms with Crippen molar-refractivity contribution in [1.29, 1.82) is 0 Å². The van der Waals surface area contributed by atoms with Crippen molar-refractivity contribution in [2.75, 3.05) is 32.7 Å². The number of aromatic hydroxyl groups is 1. The lowest BCUT2D eigenvalue weighted by Gasteiger charge is -2.38. The lowest BCUT2D eigenvalue weighted by atomic mass is 9.95. The fraction of sp³-hybridized carbons (Fsp3) is 0.650. The van der Waals surface area contributed by atoms with Gasteiger partial charge in [-0.2, -0.15) is 0 Å². The summed E-state index contributed by atoms with van der Waals surface area (Å²) in [5, 5.41) is 9.66. The Morgan fingerprint density at radius 2 is 1.68 bits per heavy atom. The molecule has 5 heteroatoms. The molecule has 1 saturated heterocycles. The highest BCUT2D eigenvalue weighted by Crippen LogP contribution is 2.22. The second-order valence-corrected chi connectivity index (χ2v) is 8.53. The SMILES string of the molecule is Cc1cc(O)cc(C)c1CC(N)C(=O)N1CCN(CC(C)(C)C)CC1. The van der Waals surface area contributed by atoms with Crippen molar-refractivity contribution in [3.63, 3.8) is 0 Å². The predicted molar refractivity (Wildman–Crippen MR) is 102 cm³/mol. The number of nitrogens with two attached hydrogens (primary N) is 1. The number of carbonyl (C=O) groups is 1. The first kappa shape index (κ1) is 19.7. The van der Waals surface area contributed by atoms with Crippen molar-refractivity contribution in [1.82, 2.24) is 9.80 Å². The van der Waals surface area contributed by atoms with Crippen LogP contribution in [0.5, 0.6) is 5.75 Å². The number of aryl methyl sites for hydroxylation is 2. The minimum Gasteiger partial charge on any atom is -0.508 e. The van der Waals surface area contributed by atoms with Crippen LogP contribution in [-0.2, 0) is 11.2 Å². The monoisotopic (exact) mass is 347 g/mol. The molecule has 1 aromatic rings. The summed E-state index contributed by atoms with van der Waals surface area (Å²) in [5.41, 5.74) is 9.52. The fourth-order valence-corrected chi connectivity index (χ4v) is 3.63. The minimum absolute atomic E-state index is 0.0299. The lowest BCUT2D eigenvalue weighted by Crippen LogP contribution is -2.54. The third-order valence-electron chi connectivity index (χ3n) is 4.80. The van der Waals surface area contributed by atoms with Crippen molar-refractivity contribution >= 4 is 5.91 Å². The number of hydrogen-bond donors (Lipinski definition) is 2. The Kier molecular flexibility index (Phi) is 6.12. The van der Waals surface area contributed by atoms with Gasteiger partial charge in [0.15, 0.2) is 0 Å². The maximum Gasteiger partial charge on any atom is 0.239 e. The number of amides is 1. The Hall–Kier alpha value is -1.59. The van der Waals surface area contributed by atoms with Crippen molar-refractivity contribution in [2.45, 2.75) is 47.1 Å². The number of benzene rings is 1. The van der Waals surface area contributed by atoms with E-state index in [0.717, 1.165) is 49.4 Å². The van der Waals surface area contributed by atoms with Crippen LogP contribution in [0.15, 0.2) is 12.1 Å². The Bertz CT molecular complexity index is 591. The van der Waals surface area contributed by atoms with Gasteiger partial charge in [0.1, 0.15) is 5.75 Å². The van der Waals surface area contributed by atoms with Gasteiger partial charge < -0.3 is 15.7 Å². The molecule has 140 valence electrons. The summed E-state index contributed by atoms with van der Waals surface area (Å²) in [5.74, 6) is 0.288. The van der Waals surface area contributed by atoms with Crippen LogP contribution < -0.4 is 5.73 Å². The molecule has 3 N–H and O–H groups in total. The Morgan fingerprint density at radius 1 is 1.16 bits per heavy atom. The molecule has 0 aliphatic carbocycles. The first-order valence-electron chi connectivity index (χ1n) is 9.12. The summed E-state index contributed by atoms with van der Waals surface area (Å²) >= 11 is 0. The average molecular weight is 348 g/mol. The molecule has 0 aromatic heterocycles. The molecule has 1 amide bonds. The average Bonchev–Trinajstić information content (AvgIpc) is 2.49. The van der Waals surface area contributed by atoms with Crippen molar-refractivity contribution < 1.29 is 9.90 Å². The number of phenolic OH excluding ortho intramolecular Hbond substituents is 1. The molecule has 0 spiro atoms. The van der Waals surface area contributed by atoms with Crippen molar-refractivity contribution in [3.05, 3.63) is 28.8 Å². The summed E-state index contributed by atoms with van der Waals surface area (Å²) in [4.78, 5) is 17.0. The van der Waals surface area contributed by atoms with Crippen LogP contribution >= 0.6 is 0 Å². The maximum atomic E-state index is 12.7. The van der Waals surface area contributed by atoms with Crippen LogP contribution in [0.4, 0.5) is 0 Å². The number of phenols is 1. The third kappa shape index (κ3) is 5.44. The summed E-state index contributed by atoms with van der Waals surface area (Å²) in [7, 11) is 0. The quantitative estimate of drug-likeness (QED) is 0.875. The second kappa shape index (κ2) is 7.75. The van der Waals surface area contributed by atoms with Crippen LogP contribution in [0, 0.1) is 19.3 Å². The number of carbonyl (C=O) groups excluding carboxylic acids is 1. The molecule has 1 heterocycles. The van der Waals surface area contributed by atoms with Gasteiger partial charge in [-0.25, -0.2) is 0 Å². The van der Waals surface area contributed by atoms with Crippen molar-refractivity contribution in [3.8, 4) is 5.75 Å². The molecule has 1 fully saturated rings. The Morgan fingerprint density at radius 3 is 2.16 bits per heavy atom. The molecule has 0 radical (unpaired) electrons. The topological polar surface area (TPSA) is 69.8 Å². The van der Waals surface area contributed by atoms with Gasteiger partial charge in [-0.1, -0.05) is 20.8 Å². The molecule has 1 aromatic carbocycles.